The van der Waals surface area contributed by atoms with Gasteiger partial charge < -0.3 is 15.0 Å². The van der Waals surface area contributed by atoms with Gasteiger partial charge in [0, 0.05) is 18.7 Å². The Bertz CT molecular complexity index is 367. The Kier molecular flexibility index (Phi) is 5.23. The van der Waals surface area contributed by atoms with Crippen LogP contribution in [0.1, 0.15) is 12.8 Å². The predicted molar refractivity (Wildman–Crippen MR) is 73.3 cm³/mol. The smallest absolute Gasteiger partial charge is 0.214 e. The number of ether oxygens (including phenoxy) is 1. The van der Waals surface area contributed by atoms with E-state index in [1.165, 1.54) is 25.9 Å². The van der Waals surface area contributed by atoms with Crippen molar-refractivity contribution in [3.8, 4) is 5.88 Å². The van der Waals surface area contributed by atoms with Crippen molar-refractivity contribution in [1.82, 2.24) is 15.2 Å². The van der Waals surface area contributed by atoms with Gasteiger partial charge in [0.25, 0.3) is 0 Å². The van der Waals surface area contributed by atoms with Gasteiger partial charge >= 0.3 is 0 Å². The van der Waals surface area contributed by atoms with E-state index in [2.05, 4.69) is 22.2 Å². The van der Waals surface area contributed by atoms with E-state index in [-0.39, 0.29) is 0 Å². The van der Waals surface area contributed by atoms with E-state index < -0.39 is 0 Å². The third-order valence-electron chi connectivity index (χ3n) is 3.19. The normalized spacial score (nSPS) is 17.9. The Balaban J connectivity index is 1.61. The zero-order chi connectivity index (χ0) is 12.8. The SMILES string of the molecule is CN1CCC(NCCOc2cccc(Cl)n2)CC1. The molecule has 0 aromatic carbocycles. The maximum atomic E-state index is 5.78. The minimum atomic E-state index is 0.468. The van der Waals surface area contributed by atoms with Crippen LogP contribution in [0.4, 0.5) is 0 Å². The quantitative estimate of drug-likeness (QED) is 0.653. The van der Waals surface area contributed by atoms with Gasteiger partial charge in [-0.1, -0.05) is 17.7 Å². The van der Waals surface area contributed by atoms with E-state index >= 15 is 0 Å². The van der Waals surface area contributed by atoms with Gasteiger partial charge in [0.2, 0.25) is 5.88 Å². The molecule has 5 heteroatoms. The van der Waals surface area contributed by atoms with Crippen LogP contribution in [0.2, 0.25) is 5.15 Å². The van der Waals surface area contributed by atoms with Crippen molar-refractivity contribution in [2.45, 2.75) is 18.9 Å². The highest BCUT2D eigenvalue weighted by molar-refractivity contribution is 6.29. The van der Waals surface area contributed by atoms with Crippen LogP contribution in [0.15, 0.2) is 18.2 Å². The lowest BCUT2D eigenvalue weighted by Crippen LogP contribution is -2.42. The summed E-state index contributed by atoms with van der Waals surface area (Å²) < 4.78 is 5.53. The third-order valence-corrected chi connectivity index (χ3v) is 3.40. The highest BCUT2D eigenvalue weighted by Crippen LogP contribution is 2.11. The number of hydrogen-bond donors (Lipinski definition) is 1. The van der Waals surface area contributed by atoms with Crippen molar-refractivity contribution in [3.05, 3.63) is 23.4 Å². The first-order valence-electron chi connectivity index (χ1n) is 6.41. The number of halogens is 1. The molecule has 0 unspecified atom stereocenters. The molecule has 0 bridgehead atoms. The summed E-state index contributed by atoms with van der Waals surface area (Å²) in [7, 11) is 2.17. The topological polar surface area (TPSA) is 37.4 Å². The fourth-order valence-corrected chi connectivity index (χ4v) is 2.26. The molecule has 1 aromatic heterocycles. The van der Waals surface area contributed by atoms with Crippen molar-refractivity contribution >= 4 is 11.6 Å². The van der Waals surface area contributed by atoms with Crippen LogP contribution in [0.25, 0.3) is 0 Å². The average Bonchev–Trinajstić information content (AvgIpc) is 2.37. The summed E-state index contributed by atoms with van der Waals surface area (Å²) in [5.74, 6) is 0.590. The first-order chi connectivity index (χ1) is 8.74. The molecule has 0 saturated carbocycles. The summed E-state index contributed by atoms with van der Waals surface area (Å²) in [6, 6.07) is 6.03. The lowest BCUT2D eigenvalue weighted by molar-refractivity contribution is 0.223. The average molecular weight is 270 g/mol. The van der Waals surface area contributed by atoms with Crippen molar-refractivity contribution in [1.29, 1.82) is 0 Å². The molecule has 100 valence electrons. The Morgan fingerprint density at radius 2 is 2.22 bits per heavy atom. The Morgan fingerprint density at radius 3 is 2.94 bits per heavy atom. The van der Waals surface area contributed by atoms with E-state index in [0.717, 1.165) is 6.54 Å². The minimum absolute atomic E-state index is 0.468. The van der Waals surface area contributed by atoms with Gasteiger partial charge in [0.1, 0.15) is 11.8 Å². The summed E-state index contributed by atoms with van der Waals surface area (Å²) in [4.78, 5) is 6.44. The molecule has 0 atom stereocenters. The van der Waals surface area contributed by atoms with Gasteiger partial charge in [-0.05, 0) is 39.0 Å². The summed E-state index contributed by atoms with van der Waals surface area (Å²) in [5, 5.41) is 3.98. The molecule has 1 aliphatic heterocycles. The molecule has 0 amide bonds. The van der Waals surface area contributed by atoms with Crippen LogP contribution in [-0.2, 0) is 0 Å². The van der Waals surface area contributed by atoms with Gasteiger partial charge in [-0.25, -0.2) is 4.98 Å². The monoisotopic (exact) mass is 269 g/mol. The second-order valence-electron chi connectivity index (χ2n) is 4.68. The molecule has 4 nitrogen and oxygen atoms in total. The highest BCUT2D eigenvalue weighted by Gasteiger charge is 2.15. The Hall–Kier alpha value is -0.840. The van der Waals surface area contributed by atoms with Crippen molar-refractivity contribution < 1.29 is 4.74 Å². The fraction of sp³-hybridized carbons (Fsp3) is 0.615. The Morgan fingerprint density at radius 1 is 1.44 bits per heavy atom. The molecular formula is C13H20ClN3O. The molecule has 0 spiro atoms. The van der Waals surface area contributed by atoms with Crippen molar-refractivity contribution in [2.24, 2.45) is 0 Å². The molecule has 0 aliphatic carbocycles. The zero-order valence-electron chi connectivity index (χ0n) is 10.7. The number of aromatic nitrogens is 1. The second-order valence-corrected chi connectivity index (χ2v) is 5.07. The van der Waals surface area contributed by atoms with Gasteiger partial charge in [-0.3, -0.25) is 0 Å². The molecule has 1 N–H and O–H groups in total. The maximum Gasteiger partial charge on any atom is 0.214 e. The number of hydrogen-bond acceptors (Lipinski definition) is 4. The standard InChI is InChI=1S/C13H20ClN3O/c1-17-8-5-11(6-9-17)15-7-10-18-13-4-2-3-12(14)16-13/h2-4,11,15H,5-10H2,1H3. The maximum absolute atomic E-state index is 5.78. The summed E-state index contributed by atoms with van der Waals surface area (Å²) in [6.07, 6.45) is 2.43. The minimum Gasteiger partial charge on any atom is -0.476 e. The number of nitrogens with one attached hydrogen (secondary N) is 1. The molecule has 1 fully saturated rings. The first-order valence-corrected chi connectivity index (χ1v) is 6.79. The van der Waals surface area contributed by atoms with Gasteiger partial charge in [-0.15, -0.1) is 0 Å². The Labute approximate surface area is 113 Å². The second kappa shape index (κ2) is 6.92. The molecule has 2 rings (SSSR count). The number of nitrogens with zero attached hydrogens (tertiary/aromatic N) is 2. The summed E-state index contributed by atoms with van der Waals surface area (Å²) in [6.45, 7) is 3.82. The van der Waals surface area contributed by atoms with Gasteiger partial charge in [-0.2, -0.15) is 0 Å². The van der Waals surface area contributed by atoms with Crippen LogP contribution in [0, 0.1) is 0 Å². The largest absolute Gasteiger partial charge is 0.476 e. The molecule has 2 heterocycles. The van der Waals surface area contributed by atoms with Crippen LogP contribution in [-0.4, -0.2) is 49.2 Å². The lowest BCUT2D eigenvalue weighted by atomic mass is 10.1. The molecule has 1 aliphatic rings. The van der Waals surface area contributed by atoms with Crippen molar-refractivity contribution in [3.63, 3.8) is 0 Å². The summed E-state index contributed by atoms with van der Waals surface area (Å²) >= 11 is 5.78. The molecular weight excluding hydrogens is 250 g/mol. The predicted octanol–water partition coefficient (Wildman–Crippen LogP) is 1.80. The van der Waals surface area contributed by atoms with E-state index in [1.54, 1.807) is 6.07 Å². The number of rotatable bonds is 5. The molecule has 18 heavy (non-hydrogen) atoms. The van der Waals surface area contributed by atoms with Crippen molar-refractivity contribution in [2.75, 3.05) is 33.3 Å². The number of piperidine rings is 1. The lowest BCUT2D eigenvalue weighted by Gasteiger charge is -2.29. The van der Waals surface area contributed by atoms with Crippen LogP contribution >= 0.6 is 11.6 Å². The first kappa shape index (κ1) is 13.6. The van der Waals surface area contributed by atoms with E-state index in [0.29, 0.717) is 23.7 Å². The van der Waals surface area contributed by atoms with Gasteiger partial charge in [0.05, 0.1) is 0 Å². The highest BCUT2D eigenvalue weighted by atomic mass is 35.5. The number of likely N-dealkylation sites (tertiary alicyclic amines) is 1. The van der Waals surface area contributed by atoms with E-state index in [1.807, 2.05) is 12.1 Å². The molecule has 0 radical (unpaired) electrons. The van der Waals surface area contributed by atoms with Crippen LogP contribution < -0.4 is 10.1 Å². The van der Waals surface area contributed by atoms with Crippen LogP contribution in [0.5, 0.6) is 5.88 Å². The molecule has 1 aromatic rings. The van der Waals surface area contributed by atoms with Crippen LogP contribution in [0.3, 0.4) is 0 Å². The fourth-order valence-electron chi connectivity index (χ4n) is 2.10. The van der Waals surface area contributed by atoms with E-state index in [9.17, 15) is 0 Å². The number of pyridine rings is 1. The zero-order valence-corrected chi connectivity index (χ0v) is 11.5. The van der Waals surface area contributed by atoms with E-state index in [4.69, 9.17) is 16.3 Å². The molecule has 1 saturated heterocycles. The van der Waals surface area contributed by atoms with Gasteiger partial charge in [0.15, 0.2) is 0 Å². The third kappa shape index (κ3) is 4.44. The summed E-state index contributed by atoms with van der Waals surface area (Å²) in [5.41, 5.74) is 0.